The number of carbonyl (C=O) groups excluding carboxylic acids is 4. The van der Waals surface area contributed by atoms with E-state index >= 15 is 0 Å². The molecule has 3 rings (SSSR count). The summed E-state index contributed by atoms with van der Waals surface area (Å²) in [7, 11) is 0. The average Bonchev–Trinajstić information content (AvgIpc) is 2.94. The number of carbonyl (C=O) groups is 4. The fourth-order valence-electron chi connectivity index (χ4n) is 3.05. The summed E-state index contributed by atoms with van der Waals surface area (Å²) in [6.07, 6.45) is -1.16. The minimum Gasteiger partial charge on any atom is -0.452 e. The first-order valence-corrected chi connectivity index (χ1v) is 9.35. The minimum absolute atomic E-state index is 0.0947. The van der Waals surface area contributed by atoms with E-state index in [0.29, 0.717) is 17.7 Å². The topological polar surface area (TPSA) is 92.8 Å². The van der Waals surface area contributed by atoms with Gasteiger partial charge in [-0.3, -0.25) is 24.1 Å². The lowest BCUT2D eigenvalue weighted by molar-refractivity contribution is -0.154. The second-order valence-corrected chi connectivity index (χ2v) is 6.90. The molecule has 0 spiro atoms. The maximum absolute atomic E-state index is 12.4. The number of amides is 3. The molecule has 0 fully saturated rings. The van der Waals surface area contributed by atoms with Gasteiger partial charge in [-0.25, -0.2) is 0 Å². The lowest BCUT2D eigenvalue weighted by Crippen LogP contribution is -2.37. The molecule has 0 saturated carbocycles. The first-order valence-electron chi connectivity index (χ1n) is 9.35. The number of aryl methyl sites for hydroxylation is 1. The molecule has 2 aromatic rings. The largest absolute Gasteiger partial charge is 0.452 e. The number of nitrogens with zero attached hydrogens (tertiary/aromatic N) is 1. The molecule has 0 aromatic heterocycles. The molecular formula is C22H22N2O5. The highest BCUT2D eigenvalue weighted by Gasteiger charge is 2.35. The Bertz CT molecular complexity index is 955. The highest BCUT2D eigenvalue weighted by Crippen LogP contribution is 2.24. The van der Waals surface area contributed by atoms with Gasteiger partial charge in [0.2, 0.25) is 0 Å². The lowest BCUT2D eigenvalue weighted by Gasteiger charge is -2.16. The van der Waals surface area contributed by atoms with Crippen molar-refractivity contribution >= 4 is 23.7 Å². The third-order valence-electron chi connectivity index (χ3n) is 4.65. The van der Waals surface area contributed by atoms with Crippen LogP contribution in [-0.2, 0) is 20.9 Å². The number of benzene rings is 2. The van der Waals surface area contributed by atoms with Crippen molar-refractivity contribution in [1.82, 2.24) is 10.2 Å². The Kier molecular flexibility index (Phi) is 6.07. The third-order valence-corrected chi connectivity index (χ3v) is 4.65. The minimum atomic E-state index is -0.976. The smallest absolute Gasteiger partial charge is 0.308 e. The van der Waals surface area contributed by atoms with Crippen LogP contribution in [0.3, 0.4) is 0 Å². The van der Waals surface area contributed by atoms with Gasteiger partial charge in [-0.15, -0.1) is 0 Å². The van der Waals surface area contributed by atoms with Gasteiger partial charge in [0.1, 0.15) is 0 Å². The number of imide groups is 1. The van der Waals surface area contributed by atoms with Gasteiger partial charge < -0.3 is 10.1 Å². The predicted molar refractivity (Wildman–Crippen MR) is 105 cm³/mol. The summed E-state index contributed by atoms with van der Waals surface area (Å²) in [6, 6.07) is 14.4. The second kappa shape index (κ2) is 8.68. The number of ether oxygens (including phenoxy) is 1. The summed E-state index contributed by atoms with van der Waals surface area (Å²) in [6.45, 7) is 3.55. The maximum Gasteiger partial charge on any atom is 0.308 e. The summed E-state index contributed by atoms with van der Waals surface area (Å²) in [5, 5.41) is 2.70. The molecule has 0 saturated heterocycles. The first kappa shape index (κ1) is 20.3. The van der Waals surface area contributed by atoms with Gasteiger partial charge in [-0.1, -0.05) is 42.0 Å². The zero-order valence-electron chi connectivity index (χ0n) is 16.3. The van der Waals surface area contributed by atoms with E-state index in [2.05, 4.69) is 5.32 Å². The normalized spacial score (nSPS) is 13.8. The Balaban J connectivity index is 1.48. The molecule has 1 N–H and O–H groups in total. The predicted octanol–water partition coefficient (Wildman–Crippen LogP) is 2.23. The number of rotatable bonds is 7. The van der Waals surface area contributed by atoms with E-state index in [9.17, 15) is 19.2 Å². The number of esters is 1. The molecule has 3 amide bonds. The van der Waals surface area contributed by atoms with Gasteiger partial charge in [0.15, 0.2) is 6.10 Å². The molecule has 2 aromatic carbocycles. The van der Waals surface area contributed by atoms with Crippen molar-refractivity contribution < 1.29 is 23.9 Å². The molecule has 1 atom stereocenters. The molecule has 29 heavy (non-hydrogen) atoms. The maximum atomic E-state index is 12.4. The summed E-state index contributed by atoms with van der Waals surface area (Å²) >= 11 is 0. The highest BCUT2D eigenvalue weighted by molar-refractivity contribution is 6.21. The van der Waals surface area contributed by atoms with E-state index in [-0.39, 0.29) is 13.0 Å². The Morgan fingerprint density at radius 2 is 1.72 bits per heavy atom. The van der Waals surface area contributed by atoms with Crippen LogP contribution in [0.15, 0.2) is 48.5 Å². The fraction of sp³-hybridized carbons (Fsp3) is 0.273. The van der Waals surface area contributed by atoms with Crippen molar-refractivity contribution in [2.24, 2.45) is 0 Å². The fourth-order valence-corrected chi connectivity index (χ4v) is 3.05. The van der Waals surface area contributed by atoms with Crippen LogP contribution in [-0.4, -0.2) is 41.2 Å². The van der Waals surface area contributed by atoms with E-state index < -0.39 is 29.8 Å². The van der Waals surface area contributed by atoms with Crippen LogP contribution in [0.25, 0.3) is 0 Å². The summed E-state index contributed by atoms with van der Waals surface area (Å²) in [5.41, 5.74) is 2.49. The van der Waals surface area contributed by atoms with Crippen molar-refractivity contribution in [3.05, 3.63) is 70.8 Å². The molecule has 7 nitrogen and oxygen atoms in total. The monoisotopic (exact) mass is 394 g/mol. The molecule has 1 heterocycles. The highest BCUT2D eigenvalue weighted by atomic mass is 16.5. The second-order valence-electron chi connectivity index (χ2n) is 6.90. The summed E-state index contributed by atoms with van der Waals surface area (Å²) in [4.78, 5) is 50.0. The van der Waals surface area contributed by atoms with Gasteiger partial charge in [-0.2, -0.15) is 0 Å². The van der Waals surface area contributed by atoms with E-state index in [0.717, 1.165) is 16.0 Å². The van der Waals surface area contributed by atoms with E-state index in [1.54, 1.807) is 18.2 Å². The molecule has 1 aliphatic heterocycles. The molecule has 1 unspecified atom stereocenters. The lowest BCUT2D eigenvalue weighted by atomic mass is 10.1. The van der Waals surface area contributed by atoms with Crippen LogP contribution in [0, 0.1) is 6.92 Å². The first-order chi connectivity index (χ1) is 13.9. The van der Waals surface area contributed by atoms with Crippen molar-refractivity contribution in [3.63, 3.8) is 0 Å². The van der Waals surface area contributed by atoms with Gasteiger partial charge in [0.25, 0.3) is 17.7 Å². The van der Waals surface area contributed by atoms with Crippen LogP contribution in [0.1, 0.15) is 45.2 Å². The number of nitrogens with one attached hydrogen (secondary N) is 1. The van der Waals surface area contributed by atoms with Crippen molar-refractivity contribution in [2.45, 2.75) is 32.9 Å². The molecule has 150 valence electrons. The van der Waals surface area contributed by atoms with Gasteiger partial charge >= 0.3 is 5.97 Å². The summed E-state index contributed by atoms with van der Waals surface area (Å²) < 4.78 is 5.13. The molecule has 0 radical (unpaired) electrons. The van der Waals surface area contributed by atoms with E-state index in [4.69, 9.17) is 4.74 Å². The van der Waals surface area contributed by atoms with Crippen molar-refractivity contribution in [1.29, 1.82) is 0 Å². The number of hydrogen-bond donors (Lipinski definition) is 1. The van der Waals surface area contributed by atoms with Crippen LogP contribution in [0.2, 0.25) is 0 Å². The summed E-state index contributed by atoms with van der Waals surface area (Å²) in [5.74, 6) is -1.92. The van der Waals surface area contributed by atoms with Crippen LogP contribution in [0.4, 0.5) is 0 Å². The van der Waals surface area contributed by atoms with Crippen LogP contribution >= 0.6 is 0 Å². The SMILES string of the molecule is Cc1ccc2c(c1)C(=O)N(CCC(=O)OC(C)C(=O)NCc1ccccc1)C2=O. The standard InChI is InChI=1S/C22H22N2O5/c1-14-8-9-17-18(12-14)22(28)24(21(17)27)11-10-19(25)29-15(2)20(26)23-13-16-6-4-3-5-7-16/h3-9,12,15H,10-11,13H2,1-2H3,(H,23,26). The Morgan fingerprint density at radius 3 is 2.45 bits per heavy atom. The average molecular weight is 394 g/mol. The quantitative estimate of drug-likeness (QED) is 0.574. The zero-order chi connectivity index (χ0) is 21.0. The molecular weight excluding hydrogens is 372 g/mol. The Hall–Kier alpha value is -3.48. The molecule has 1 aliphatic rings. The molecule has 0 bridgehead atoms. The molecule has 7 heteroatoms. The number of hydrogen-bond acceptors (Lipinski definition) is 5. The Morgan fingerprint density at radius 1 is 1.03 bits per heavy atom. The van der Waals surface area contributed by atoms with Crippen LogP contribution < -0.4 is 5.32 Å². The Labute approximate surface area is 168 Å². The van der Waals surface area contributed by atoms with Gasteiger partial charge in [0.05, 0.1) is 17.5 Å². The van der Waals surface area contributed by atoms with Crippen molar-refractivity contribution in [3.8, 4) is 0 Å². The van der Waals surface area contributed by atoms with Gasteiger partial charge in [0, 0.05) is 13.1 Å². The van der Waals surface area contributed by atoms with Crippen LogP contribution in [0.5, 0.6) is 0 Å². The van der Waals surface area contributed by atoms with E-state index in [1.165, 1.54) is 6.92 Å². The van der Waals surface area contributed by atoms with E-state index in [1.807, 2.05) is 37.3 Å². The van der Waals surface area contributed by atoms with Crippen molar-refractivity contribution in [2.75, 3.05) is 6.54 Å². The van der Waals surface area contributed by atoms with Gasteiger partial charge in [-0.05, 0) is 31.5 Å². The number of fused-ring (bicyclic) bond motifs is 1. The third kappa shape index (κ3) is 4.68. The molecule has 0 aliphatic carbocycles. The zero-order valence-corrected chi connectivity index (χ0v) is 16.3.